The molecule has 0 N–H and O–H groups in total. The van der Waals surface area contributed by atoms with E-state index in [0.29, 0.717) is 0 Å². The first kappa shape index (κ1) is 21.5. The van der Waals surface area contributed by atoms with E-state index < -0.39 is 0 Å². The molecule has 74 valence electrons. The van der Waals surface area contributed by atoms with E-state index in [2.05, 4.69) is 32.1 Å². The summed E-state index contributed by atoms with van der Waals surface area (Å²) >= 11 is 1.36. The summed E-state index contributed by atoms with van der Waals surface area (Å²) < 4.78 is 3.29. The monoisotopic (exact) mass is 510 g/mol. The quantitative estimate of drug-likeness (QED) is 0.397. The third-order valence-electron chi connectivity index (χ3n) is 1.82. The minimum absolute atomic E-state index is 0. The zero-order valence-corrected chi connectivity index (χ0v) is 18.3. The molecule has 0 bridgehead atoms. The second kappa shape index (κ2) is 9.29. The Morgan fingerprint density at radius 2 is 1.50 bits per heavy atom. The van der Waals surface area contributed by atoms with Crippen LogP contribution in [0, 0.1) is 12.0 Å². The third-order valence-corrected chi connectivity index (χ3v) is 2.55. The van der Waals surface area contributed by atoms with Crippen LogP contribution in [0.2, 0.25) is 0 Å². The van der Waals surface area contributed by atoms with Crippen molar-refractivity contribution in [3.05, 3.63) is 23.3 Å². The molecule has 0 aromatic heterocycles. The fourth-order valence-corrected chi connectivity index (χ4v) is 2.64. The van der Waals surface area contributed by atoms with Crippen molar-refractivity contribution in [1.82, 2.24) is 0 Å². The van der Waals surface area contributed by atoms with Gasteiger partial charge in [0.05, 0.1) is 0 Å². The van der Waals surface area contributed by atoms with Crippen LogP contribution in [0.1, 0.15) is 34.6 Å². The summed E-state index contributed by atoms with van der Waals surface area (Å²) in [4.78, 5) is 0. The van der Waals surface area contributed by atoms with Gasteiger partial charge >= 0.3 is 87.1 Å². The van der Waals surface area contributed by atoms with Crippen LogP contribution in [0.5, 0.6) is 0 Å². The van der Waals surface area contributed by atoms with Gasteiger partial charge in [-0.3, -0.25) is 0 Å². The van der Waals surface area contributed by atoms with Crippen molar-refractivity contribution in [3.63, 3.8) is 0 Å². The van der Waals surface area contributed by atoms with Crippen LogP contribution in [-0.2, 0) is 84.8 Å². The smallest absolute Gasteiger partial charge is 0 e. The molecule has 0 nitrogen and oxygen atoms in total. The minimum Gasteiger partial charge on any atom is 0 e. The van der Waals surface area contributed by atoms with Crippen molar-refractivity contribution < 1.29 is 84.8 Å². The first-order valence-corrected chi connectivity index (χ1v) is 5.46. The molecule has 0 saturated heterocycles. The summed E-state index contributed by atoms with van der Waals surface area (Å²) in [6.07, 6.45) is 0. The van der Waals surface area contributed by atoms with Crippen LogP contribution in [0.25, 0.3) is 0 Å². The summed E-state index contributed by atoms with van der Waals surface area (Å²) in [5, 5.41) is 0. The largest absolute Gasteiger partial charge is 0 e. The number of rotatable bonds is 2. The minimum atomic E-state index is 0. The van der Waals surface area contributed by atoms with Gasteiger partial charge in [-0.15, -0.1) is 0 Å². The van der Waals surface area contributed by atoms with Gasteiger partial charge < -0.3 is 0 Å². The predicted molar refractivity (Wildman–Crippen MR) is 50.6 cm³/mol. The SMILES string of the molecule is [CH-]=C(C)/C(C)=C(\[C-]=[W])C(C)(C)C.[Y].[Y]. The second-order valence-corrected chi connectivity index (χ2v) is 4.77. The Morgan fingerprint density at radius 1 is 1.14 bits per heavy atom. The van der Waals surface area contributed by atoms with E-state index in [4.69, 9.17) is 6.58 Å². The van der Waals surface area contributed by atoms with Crippen molar-refractivity contribution in [3.8, 4) is 0 Å². The van der Waals surface area contributed by atoms with Crippen LogP contribution in [0.4, 0.5) is 0 Å². The first-order chi connectivity index (χ1) is 5.30. The van der Waals surface area contributed by atoms with Gasteiger partial charge in [0.2, 0.25) is 0 Å². The van der Waals surface area contributed by atoms with E-state index in [1.54, 1.807) is 0 Å². The van der Waals surface area contributed by atoms with E-state index in [1.165, 1.54) is 30.5 Å². The molecule has 0 aliphatic rings. The topological polar surface area (TPSA) is 0 Å². The summed E-state index contributed by atoms with van der Waals surface area (Å²) in [6.45, 7) is 16.3. The molecule has 0 saturated carbocycles. The number of allylic oxidation sites excluding steroid dienone is 3. The number of hydrogen-bond acceptors (Lipinski definition) is 0. The normalized spacial score (nSPS) is 11.8. The van der Waals surface area contributed by atoms with Crippen molar-refractivity contribution in [2.75, 3.05) is 0 Å². The van der Waals surface area contributed by atoms with Gasteiger partial charge in [-0.2, -0.15) is 0 Å². The van der Waals surface area contributed by atoms with Crippen molar-refractivity contribution >= 4 is 4.40 Å². The summed E-state index contributed by atoms with van der Waals surface area (Å²) in [7, 11) is 0. The molecular formula is C11H16WY2-2. The molecule has 0 aliphatic carbocycles. The van der Waals surface area contributed by atoms with Crippen LogP contribution in [0.3, 0.4) is 0 Å². The Kier molecular flexibility index (Phi) is 14.3. The molecule has 14 heavy (non-hydrogen) atoms. The Balaban J connectivity index is -0.000000605. The van der Waals surface area contributed by atoms with E-state index in [0.717, 1.165) is 5.57 Å². The Morgan fingerprint density at radius 3 is 1.57 bits per heavy atom. The maximum absolute atomic E-state index is 5.74. The summed E-state index contributed by atoms with van der Waals surface area (Å²) in [5.41, 5.74) is 3.48. The molecule has 0 rings (SSSR count). The Hall–Kier alpha value is 2.25. The molecule has 0 aliphatic heterocycles. The fourth-order valence-electron chi connectivity index (χ4n) is 0.989. The zero-order chi connectivity index (χ0) is 9.94. The molecule has 0 atom stereocenters. The summed E-state index contributed by atoms with van der Waals surface area (Å²) in [5.74, 6) is 0. The van der Waals surface area contributed by atoms with Crippen LogP contribution < -0.4 is 0 Å². The average molecular weight is 510 g/mol. The van der Waals surface area contributed by atoms with E-state index in [9.17, 15) is 0 Å². The van der Waals surface area contributed by atoms with Crippen LogP contribution in [-0.4, -0.2) is 4.40 Å². The Labute approximate surface area is 150 Å². The fraction of sp³-hybridized carbons (Fsp3) is 0.545. The van der Waals surface area contributed by atoms with Gasteiger partial charge in [-0.1, -0.05) is 0 Å². The second-order valence-electron chi connectivity index (χ2n) is 4.04. The van der Waals surface area contributed by atoms with Gasteiger partial charge in [0, 0.05) is 65.4 Å². The third kappa shape index (κ3) is 7.51. The first-order valence-electron chi connectivity index (χ1n) is 3.99. The molecule has 0 unspecified atom stereocenters. The van der Waals surface area contributed by atoms with E-state index in [-0.39, 0.29) is 70.8 Å². The maximum atomic E-state index is 5.74. The van der Waals surface area contributed by atoms with Crippen molar-refractivity contribution in [2.45, 2.75) is 34.6 Å². The molecule has 0 fully saturated rings. The molecule has 0 aromatic carbocycles. The van der Waals surface area contributed by atoms with Gasteiger partial charge in [-0.25, -0.2) is 0 Å². The predicted octanol–water partition coefficient (Wildman–Crippen LogP) is 2.95. The maximum Gasteiger partial charge on any atom is 0 e. The molecular weight excluding hydrogens is 494 g/mol. The molecule has 0 heterocycles. The Bertz CT molecular complexity index is 234. The molecule has 0 aromatic rings. The van der Waals surface area contributed by atoms with Crippen LogP contribution in [0.15, 0.2) is 16.7 Å². The van der Waals surface area contributed by atoms with Crippen molar-refractivity contribution in [1.29, 1.82) is 0 Å². The van der Waals surface area contributed by atoms with Gasteiger partial charge in [0.25, 0.3) is 0 Å². The van der Waals surface area contributed by atoms with Gasteiger partial charge in [0.15, 0.2) is 0 Å². The van der Waals surface area contributed by atoms with Crippen molar-refractivity contribution in [2.24, 2.45) is 5.41 Å². The molecule has 3 heteroatoms. The molecule has 2 radical (unpaired) electrons. The standard InChI is InChI=1S/C11H16.W.2Y/c1-8(2)9(3)10(4)11(5,6)7;;;/h1H,2-3,5-7H3;;;/q-2;;;/b10-9+;;;. The van der Waals surface area contributed by atoms with Gasteiger partial charge in [0.1, 0.15) is 0 Å². The van der Waals surface area contributed by atoms with Gasteiger partial charge in [-0.05, 0) is 0 Å². The molecule has 0 spiro atoms. The van der Waals surface area contributed by atoms with E-state index >= 15 is 0 Å². The molecule has 0 amide bonds. The summed E-state index contributed by atoms with van der Waals surface area (Å²) in [6, 6.07) is 0. The zero-order valence-electron chi connectivity index (χ0n) is 9.64. The van der Waals surface area contributed by atoms with Crippen LogP contribution >= 0.6 is 0 Å². The number of hydrogen-bond donors (Lipinski definition) is 0. The van der Waals surface area contributed by atoms with E-state index in [1.807, 2.05) is 6.92 Å². The average Bonchev–Trinajstić information content (AvgIpc) is 1.85.